The monoisotopic (exact) mass is 447 g/mol. The molecule has 0 bridgehead atoms. The highest BCUT2D eigenvalue weighted by Gasteiger charge is 2.41. The summed E-state index contributed by atoms with van der Waals surface area (Å²) < 4.78 is 5.33. The normalized spacial score (nSPS) is 20.6. The highest BCUT2D eigenvalue weighted by Crippen LogP contribution is 2.38. The number of halogens is 1. The SMILES string of the molecule is O=C1N[C@H]2c3cc(Nc4ncc(Cl)c(Nc5cccc6c5CCCC6)n4)ccc3CC2O1. The number of alkyl carbamates (subject to hydrolysis) is 1. The molecule has 2 atom stereocenters. The minimum Gasteiger partial charge on any atom is -0.443 e. The number of nitrogens with zero attached hydrogens (tertiary/aromatic N) is 2. The zero-order valence-corrected chi connectivity index (χ0v) is 18.1. The molecule has 1 amide bonds. The number of rotatable bonds is 4. The Kier molecular flexibility index (Phi) is 4.64. The quantitative estimate of drug-likeness (QED) is 0.509. The summed E-state index contributed by atoms with van der Waals surface area (Å²) >= 11 is 6.41. The Hall–Kier alpha value is -3.32. The second kappa shape index (κ2) is 7.67. The third kappa shape index (κ3) is 3.42. The van der Waals surface area contributed by atoms with Gasteiger partial charge in [-0.25, -0.2) is 9.78 Å². The predicted octanol–water partition coefficient (Wildman–Crippen LogP) is 5.20. The van der Waals surface area contributed by atoms with Gasteiger partial charge in [-0.1, -0.05) is 29.8 Å². The van der Waals surface area contributed by atoms with Gasteiger partial charge in [-0.15, -0.1) is 0 Å². The van der Waals surface area contributed by atoms with E-state index >= 15 is 0 Å². The van der Waals surface area contributed by atoms with Gasteiger partial charge in [0.05, 0.1) is 12.2 Å². The van der Waals surface area contributed by atoms with Gasteiger partial charge in [-0.3, -0.25) is 0 Å². The predicted molar refractivity (Wildman–Crippen MR) is 123 cm³/mol. The van der Waals surface area contributed by atoms with Crippen LogP contribution in [0.4, 0.5) is 27.9 Å². The number of aryl methyl sites for hydroxylation is 1. The van der Waals surface area contributed by atoms with Crippen LogP contribution in [0.2, 0.25) is 5.02 Å². The van der Waals surface area contributed by atoms with Crippen LogP contribution in [0.15, 0.2) is 42.6 Å². The van der Waals surface area contributed by atoms with Gasteiger partial charge in [0.1, 0.15) is 11.1 Å². The molecule has 1 fully saturated rings. The van der Waals surface area contributed by atoms with Gasteiger partial charge in [0, 0.05) is 17.8 Å². The first kappa shape index (κ1) is 19.4. The van der Waals surface area contributed by atoms with Crippen LogP contribution >= 0.6 is 11.6 Å². The summed E-state index contributed by atoms with van der Waals surface area (Å²) in [4.78, 5) is 20.5. The number of nitrogens with one attached hydrogen (secondary N) is 3. The van der Waals surface area contributed by atoms with E-state index in [1.54, 1.807) is 6.20 Å². The van der Waals surface area contributed by atoms with Crippen LogP contribution in [-0.4, -0.2) is 22.2 Å². The van der Waals surface area contributed by atoms with Crippen LogP contribution in [-0.2, 0) is 24.0 Å². The van der Waals surface area contributed by atoms with Crippen LogP contribution in [0.3, 0.4) is 0 Å². The van der Waals surface area contributed by atoms with Crippen LogP contribution in [0.1, 0.15) is 41.1 Å². The minimum atomic E-state index is -0.358. The number of benzene rings is 2. The van der Waals surface area contributed by atoms with Crippen molar-refractivity contribution in [2.75, 3.05) is 10.6 Å². The Morgan fingerprint density at radius 3 is 2.94 bits per heavy atom. The Labute approximate surface area is 190 Å². The third-order valence-electron chi connectivity index (χ3n) is 6.45. The van der Waals surface area contributed by atoms with Gasteiger partial charge < -0.3 is 20.7 Å². The number of carbonyl (C=O) groups is 1. The smallest absolute Gasteiger partial charge is 0.408 e. The van der Waals surface area contributed by atoms with E-state index in [0.717, 1.165) is 36.2 Å². The van der Waals surface area contributed by atoms with Crippen molar-refractivity contribution in [3.05, 3.63) is 69.9 Å². The molecule has 162 valence electrons. The van der Waals surface area contributed by atoms with E-state index in [-0.39, 0.29) is 18.2 Å². The van der Waals surface area contributed by atoms with Crippen molar-refractivity contribution in [3.8, 4) is 0 Å². The highest BCUT2D eigenvalue weighted by atomic mass is 35.5. The van der Waals surface area contributed by atoms with Crippen molar-refractivity contribution in [3.63, 3.8) is 0 Å². The lowest BCUT2D eigenvalue weighted by atomic mass is 9.90. The lowest BCUT2D eigenvalue weighted by Crippen LogP contribution is -2.18. The van der Waals surface area contributed by atoms with E-state index in [4.69, 9.17) is 16.3 Å². The number of ether oxygens (including phenoxy) is 1. The lowest BCUT2D eigenvalue weighted by molar-refractivity contribution is 0.136. The molecule has 2 aromatic carbocycles. The fourth-order valence-electron chi connectivity index (χ4n) is 4.93. The van der Waals surface area contributed by atoms with E-state index < -0.39 is 0 Å². The molecule has 1 saturated heterocycles. The van der Waals surface area contributed by atoms with E-state index in [0.29, 0.717) is 16.8 Å². The minimum absolute atomic E-state index is 0.105. The number of hydrogen-bond acceptors (Lipinski definition) is 6. The summed E-state index contributed by atoms with van der Waals surface area (Å²) in [5.41, 5.74) is 6.87. The van der Waals surface area contributed by atoms with Crippen molar-refractivity contribution in [1.82, 2.24) is 15.3 Å². The first-order valence-corrected chi connectivity index (χ1v) is 11.3. The molecular weight excluding hydrogens is 426 g/mol. The average Bonchev–Trinajstić information content (AvgIpc) is 3.32. The van der Waals surface area contributed by atoms with Crippen LogP contribution in [0.25, 0.3) is 0 Å². The Morgan fingerprint density at radius 1 is 1.09 bits per heavy atom. The van der Waals surface area contributed by atoms with Gasteiger partial charge in [0.25, 0.3) is 0 Å². The molecule has 1 aromatic heterocycles. The highest BCUT2D eigenvalue weighted by molar-refractivity contribution is 6.32. The maximum Gasteiger partial charge on any atom is 0.408 e. The molecule has 3 aliphatic rings. The zero-order chi connectivity index (χ0) is 21.7. The molecule has 6 rings (SSSR count). The van der Waals surface area contributed by atoms with E-state index in [9.17, 15) is 4.79 Å². The molecule has 2 aliphatic carbocycles. The summed E-state index contributed by atoms with van der Waals surface area (Å²) in [6, 6.07) is 12.3. The second-order valence-electron chi connectivity index (χ2n) is 8.47. The van der Waals surface area contributed by atoms with Gasteiger partial charge >= 0.3 is 6.09 Å². The molecule has 3 aromatic rings. The number of anilines is 4. The molecule has 1 aliphatic heterocycles. The van der Waals surface area contributed by atoms with E-state index in [1.807, 2.05) is 12.1 Å². The van der Waals surface area contributed by atoms with Crippen molar-refractivity contribution in [2.24, 2.45) is 0 Å². The Bertz CT molecular complexity index is 1230. The topological polar surface area (TPSA) is 88.2 Å². The molecule has 0 radical (unpaired) electrons. The van der Waals surface area contributed by atoms with Crippen LogP contribution in [0.5, 0.6) is 0 Å². The standard InChI is InChI=1S/C24H22ClN5O2/c25-18-12-26-23(30-22(18)28-19-7-3-5-13-4-1-2-6-16(13)19)27-15-9-8-14-10-20-21(17(14)11-15)29-24(31)32-20/h3,5,7-9,11-12,20-21H,1-2,4,6,10H2,(H,29,31)(H2,26,27,28,30)/t20?,21-/m0/s1. The number of hydrogen-bond donors (Lipinski definition) is 3. The first-order valence-electron chi connectivity index (χ1n) is 10.9. The molecule has 2 heterocycles. The molecule has 3 N–H and O–H groups in total. The lowest BCUT2D eigenvalue weighted by Gasteiger charge is -2.20. The summed E-state index contributed by atoms with van der Waals surface area (Å²) in [5.74, 6) is 1.02. The Morgan fingerprint density at radius 2 is 2.00 bits per heavy atom. The van der Waals surface area contributed by atoms with Gasteiger partial charge in [0.15, 0.2) is 5.82 Å². The summed E-state index contributed by atoms with van der Waals surface area (Å²) in [7, 11) is 0. The van der Waals surface area contributed by atoms with Crippen LogP contribution in [0, 0.1) is 0 Å². The molecule has 7 nitrogen and oxygen atoms in total. The molecule has 0 spiro atoms. The average molecular weight is 448 g/mol. The van der Waals surface area contributed by atoms with Gasteiger partial charge in [0.2, 0.25) is 5.95 Å². The largest absolute Gasteiger partial charge is 0.443 e. The van der Waals surface area contributed by atoms with E-state index in [1.165, 1.54) is 29.5 Å². The molecule has 1 unspecified atom stereocenters. The summed E-state index contributed by atoms with van der Waals surface area (Å²) in [5, 5.41) is 10.0. The summed E-state index contributed by atoms with van der Waals surface area (Å²) in [6.07, 6.45) is 6.44. The number of carbonyl (C=O) groups excluding carboxylic acids is 1. The van der Waals surface area contributed by atoms with Gasteiger partial charge in [-0.2, -0.15) is 4.98 Å². The number of amides is 1. The first-order chi connectivity index (χ1) is 15.6. The maximum atomic E-state index is 11.6. The molecule has 8 heteroatoms. The van der Waals surface area contributed by atoms with Crippen molar-refractivity contribution < 1.29 is 9.53 Å². The summed E-state index contributed by atoms with van der Waals surface area (Å²) in [6.45, 7) is 0. The van der Waals surface area contributed by atoms with Crippen LogP contribution < -0.4 is 16.0 Å². The zero-order valence-electron chi connectivity index (χ0n) is 17.3. The van der Waals surface area contributed by atoms with Crippen molar-refractivity contribution in [1.29, 1.82) is 0 Å². The van der Waals surface area contributed by atoms with Crippen molar-refractivity contribution >= 4 is 40.8 Å². The third-order valence-corrected chi connectivity index (χ3v) is 6.73. The second-order valence-corrected chi connectivity index (χ2v) is 8.88. The molecule has 32 heavy (non-hydrogen) atoms. The fraction of sp³-hybridized carbons (Fsp3) is 0.292. The van der Waals surface area contributed by atoms with Gasteiger partial charge in [-0.05, 0) is 66.1 Å². The molecular formula is C24H22ClN5O2. The number of aromatic nitrogens is 2. The molecule has 0 saturated carbocycles. The maximum absolute atomic E-state index is 11.6. The number of fused-ring (bicyclic) bond motifs is 4. The van der Waals surface area contributed by atoms with E-state index in [2.05, 4.69) is 50.2 Å². The fourth-order valence-corrected chi connectivity index (χ4v) is 5.07. The Balaban J connectivity index is 1.25. The van der Waals surface area contributed by atoms with Crippen molar-refractivity contribution in [2.45, 2.75) is 44.2 Å².